The first-order chi connectivity index (χ1) is 11.3. The molecule has 3 aromatic rings. The summed E-state index contributed by atoms with van der Waals surface area (Å²) in [6.45, 7) is 0. The minimum Gasteiger partial charge on any atom is -0.348 e. The van der Waals surface area contributed by atoms with Gasteiger partial charge in [-0.1, -0.05) is 48.5 Å². The van der Waals surface area contributed by atoms with Crippen molar-refractivity contribution in [1.82, 2.24) is 15.1 Å². The van der Waals surface area contributed by atoms with Crippen LogP contribution in [-0.2, 0) is 0 Å². The second-order valence-electron chi connectivity index (χ2n) is 5.78. The monoisotopic (exact) mass is 303 g/mol. The molecule has 23 heavy (non-hydrogen) atoms. The molecule has 0 radical (unpaired) electrons. The van der Waals surface area contributed by atoms with Crippen molar-refractivity contribution in [3.05, 3.63) is 72.4 Å². The molecule has 4 rings (SSSR count). The number of hydrogen-bond donors (Lipinski definition) is 1. The van der Waals surface area contributed by atoms with Crippen molar-refractivity contribution < 1.29 is 4.79 Å². The molecule has 1 N–H and O–H groups in total. The highest BCUT2D eigenvalue weighted by molar-refractivity contribution is 5.94. The lowest BCUT2D eigenvalue weighted by atomic mass is 10.1. The number of nitrogens with one attached hydrogen (secondary N) is 1. The average molecular weight is 303 g/mol. The predicted molar refractivity (Wildman–Crippen MR) is 89.5 cm³/mol. The summed E-state index contributed by atoms with van der Waals surface area (Å²) < 4.78 is 1.72. The number of para-hydroxylation sites is 1. The van der Waals surface area contributed by atoms with Crippen molar-refractivity contribution in [2.45, 2.75) is 18.9 Å². The van der Waals surface area contributed by atoms with Crippen LogP contribution in [0.1, 0.15) is 23.3 Å². The lowest BCUT2D eigenvalue weighted by Gasteiger charge is -2.07. The van der Waals surface area contributed by atoms with Gasteiger partial charge < -0.3 is 5.32 Å². The first kappa shape index (κ1) is 13.8. The second-order valence-corrected chi connectivity index (χ2v) is 5.78. The van der Waals surface area contributed by atoms with Crippen LogP contribution in [0.4, 0.5) is 0 Å². The van der Waals surface area contributed by atoms with Crippen LogP contribution < -0.4 is 5.32 Å². The molecule has 114 valence electrons. The maximum Gasteiger partial charge on any atom is 0.270 e. The van der Waals surface area contributed by atoms with Crippen molar-refractivity contribution in [3.63, 3.8) is 0 Å². The molecular formula is C19H17N3O. The van der Waals surface area contributed by atoms with Crippen LogP contribution in [0.25, 0.3) is 16.9 Å². The average Bonchev–Trinajstić information content (AvgIpc) is 3.30. The minimum absolute atomic E-state index is 0.0639. The van der Waals surface area contributed by atoms with Gasteiger partial charge in [-0.25, -0.2) is 4.68 Å². The molecule has 4 heteroatoms. The summed E-state index contributed by atoms with van der Waals surface area (Å²) in [6.07, 6.45) is 2.13. The smallest absolute Gasteiger partial charge is 0.270 e. The Kier molecular flexibility index (Phi) is 3.42. The number of rotatable bonds is 4. The molecular weight excluding hydrogens is 286 g/mol. The molecule has 0 saturated heterocycles. The van der Waals surface area contributed by atoms with Crippen molar-refractivity contribution in [3.8, 4) is 16.9 Å². The fraction of sp³-hybridized carbons (Fsp3) is 0.158. The largest absolute Gasteiger partial charge is 0.348 e. The van der Waals surface area contributed by atoms with Crippen molar-refractivity contribution in [1.29, 1.82) is 0 Å². The summed E-state index contributed by atoms with van der Waals surface area (Å²) in [4.78, 5) is 12.6. The Hall–Kier alpha value is -2.88. The summed E-state index contributed by atoms with van der Waals surface area (Å²) in [5.74, 6) is -0.0639. The third kappa shape index (κ3) is 2.88. The van der Waals surface area contributed by atoms with Gasteiger partial charge in [0.05, 0.1) is 11.4 Å². The van der Waals surface area contributed by atoms with Gasteiger partial charge in [0.1, 0.15) is 5.69 Å². The SMILES string of the molecule is O=C(NC1CC1)c1cc(-c2ccccc2)nn1-c1ccccc1. The highest BCUT2D eigenvalue weighted by atomic mass is 16.2. The zero-order valence-electron chi connectivity index (χ0n) is 12.6. The third-order valence-corrected chi connectivity index (χ3v) is 3.92. The first-order valence-electron chi connectivity index (χ1n) is 7.83. The van der Waals surface area contributed by atoms with E-state index in [0.29, 0.717) is 11.7 Å². The Morgan fingerprint density at radius 2 is 1.65 bits per heavy atom. The Balaban J connectivity index is 1.78. The summed E-state index contributed by atoms with van der Waals surface area (Å²) in [7, 11) is 0. The van der Waals surface area contributed by atoms with Crippen LogP contribution in [-0.4, -0.2) is 21.7 Å². The van der Waals surface area contributed by atoms with E-state index in [-0.39, 0.29) is 5.91 Å². The quantitative estimate of drug-likeness (QED) is 0.802. The van der Waals surface area contributed by atoms with Crippen molar-refractivity contribution in [2.24, 2.45) is 0 Å². The van der Waals surface area contributed by atoms with Crippen molar-refractivity contribution >= 4 is 5.91 Å². The van der Waals surface area contributed by atoms with Crippen LogP contribution in [0, 0.1) is 0 Å². The van der Waals surface area contributed by atoms with E-state index in [1.54, 1.807) is 4.68 Å². The zero-order valence-corrected chi connectivity index (χ0v) is 12.6. The maximum atomic E-state index is 12.6. The maximum absolute atomic E-state index is 12.6. The van der Waals surface area contributed by atoms with Crippen LogP contribution in [0.15, 0.2) is 66.7 Å². The zero-order chi connectivity index (χ0) is 15.6. The number of carbonyl (C=O) groups is 1. The van der Waals surface area contributed by atoms with Gasteiger partial charge in [0, 0.05) is 11.6 Å². The Morgan fingerprint density at radius 3 is 2.30 bits per heavy atom. The lowest BCUT2D eigenvalue weighted by molar-refractivity contribution is 0.0943. The van der Waals surface area contributed by atoms with E-state index in [4.69, 9.17) is 0 Å². The van der Waals surface area contributed by atoms with Crippen LogP contribution in [0.3, 0.4) is 0 Å². The number of carbonyl (C=O) groups excluding carboxylic acids is 1. The second kappa shape index (κ2) is 5.72. The lowest BCUT2D eigenvalue weighted by Crippen LogP contribution is -2.27. The number of aromatic nitrogens is 2. The molecule has 2 aromatic carbocycles. The van der Waals surface area contributed by atoms with Gasteiger partial charge >= 0.3 is 0 Å². The standard InChI is InChI=1S/C19H17N3O/c23-19(20-15-11-12-15)18-13-17(14-7-3-1-4-8-14)21-22(18)16-9-5-2-6-10-16/h1-10,13,15H,11-12H2,(H,20,23). The molecule has 4 nitrogen and oxygen atoms in total. The summed E-state index contributed by atoms with van der Waals surface area (Å²) in [5.41, 5.74) is 3.26. The molecule has 1 fully saturated rings. The van der Waals surface area contributed by atoms with E-state index in [2.05, 4.69) is 10.4 Å². The molecule has 1 saturated carbocycles. The summed E-state index contributed by atoms with van der Waals surface area (Å²) >= 11 is 0. The molecule has 0 aliphatic heterocycles. The van der Waals surface area contributed by atoms with Gasteiger partial charge in [-0.15, -0.1) is 0 Å². The molecule has 0 atom stereocenters. The van der Waals surface area contributed by atoms with Gasteiger partial charge in [0.25, 0.3) is 5.91 Å². The molecule has 0 bridgehead atoms. The van der Waals surface area contributed by atoms with Crippen LogP contribution in [0.5, 0.6) is 0 Å². The van der Waals surface area contributed by atoms with E-state index in [0.717, 1.165) is 29.8 Å². The van der Waals surface area contributed by atoms with E-state index in [1.807, 2.05) is 66.7 Å². The highest BCUT2D eigenvalue weighted by Crippen LogP contribution is 2.23. The Labute approximate surface area is 134 Å². The number of nitrogens with zero attached hydrogens (tertiary/aromatic N) is 2. The van der Waals surface area contributed by atoms with Gasteiger partial charge in [-0.3, -0.25) is 4.79 Å². The molecule has 1 aromatic heterocycles. The summed E-state index contributed by atoms with van der Waals surface area (Å²) in [5, 5.41) is 7.70. The van der Waals surface area contributed by atoms with Gasteiger partial charge in [-0.2, -0.15) is 5.10 Å². The van der Waals surface area contributed by atoms with E-state index in [9.17, 15) is 4.79 Å². The topological polar surface area (TPSA) is 46.9 Å². The number of amides is 1. The molecule has 0 spiro atoms. The van der Waals surface area contributed by atoms with Crippen LogP contribution in [0.2, 0.25) is 0 Å². The fourth-order valence-electron chi connectivity index (χ4n) is 2.55. The van der Waals surface area contributed by atoms with Gasteiger partial charge in [-0.05, 0) is 31.0 Å². The Morgan fingerprint density at radius 1 is 1.00 bits per heavy atom. The van der Waals surface area contributed by atoms with E-state index >= 15 is 0 Å². The number of hydrogen-bond acceptors (Lipinski definition) is 2. The van der Waals surface area contributed by atoms with Crippen LogP contribution >= 0.6 is 0 Å². The third-order valence-electron chi connectivity index (χ3n) is 3.92. The molecule has 1 aliphatic rings. The predicted octanol–water partition coefficient (Wildman–Crippen LogP) is 3.43. The minimum atomic E-state index is -0.0639. The van der Waals surface area contributed by atoms with E-state index < -0.39 is 0 Å². The first-order valence-corrected chi connectivity index (χ1v) is 7.83. The van der Waals surface area contributed by atoms with Gasteiger partial charge in [0.15, 0.2) is 0 Å². The molecule has 0 unspecified atom stereocenters. The number of benzene rings is 2. The van der Waals surface area contributed by atoms with E-state index in [1.165, 1.54) is 0 Å². The van der Waals surface area contributed by atoms with Crippen molar-refractivity contribution in [2.75, 3.05) is 0 Å². The normalized spacial score (nSPS) is 13.7. The van der Waals surface area contributed by atoms with Gasteiger partial charge in [0.2, 0.25) is 0 Å². The molecule has 1 aliphatic carbocycles. The molecule has 1 heterocycles. The summed E-state index contributed by atoms with van der Waals surface area (Å²) in [6, 6.07) is 21.9. The highest BCUT2D eigenvalue weighted by Gasteiger charge is 2.26. The molecule has 1 amide bonds. The fourth-order valence-corrected chi connectivity index (χ4v) is 2.55. The Bertz CT molecular complexity index is 820.